The van der Waals surface area contributed by atoms with E-state index in [1.807, 2.05) is 12.3 Å². The topological polar surface area (TPSA) is 57.8 Å². The Morgan fingerprint density at radius 2 is 2.25 bits per heavy atom. The maximum Gasteiger partial charge on any atom is 0.220 e. The van der Waals surface area contributed by atoms with Gasteiger partial charge in [0.05, 0.1) is 0 Å². The molecule has 20 heavy (non-hydrogen) atoms. The van der Waals surface area contributed by atoms with Crippen molar-refractivity contribution in [3.05, 3.63) is 53.6 Å². The number of aryl methyl sites for hydroxylation is 3. The van der Waals surface area contributed by atoms with E-state index in [4.69, 9.17) is 0 Å². The number of nitrogens with zero attached hydrogens (tertiary/aromatic N) is 1. The highest BCUT2D eigenvalue weighted by molar-refractivity contribution is 5.76. The molecule has 0 aliphatic rings. The summed E-state index contributed by atoms with van der Waals surface area (Å²) in [7, 11) is 0. The van der Waals surface area contributed by atoms with Gasteiger partial charge in [0.1, 0.15) is 5.82 Å². The van der Waals surface area contributed by atoms with Crippen LogP contribution >= 0.6 is 0 Å². The van der Waals surface area contributed by atoms with Gasteiger partial charge in [0.2, 0.25) is 5.91 Å². The van der Waals surface area contributed by atoms with Crippen molar-refractivity contribution in [2.45, 2.75) is 32.6 Å². The molecule has 4 nitrogen and oxygen atoms in total. The third-order valence-electron chi connectivity index (χ3n) is 3.19. The number of aromatic nitrogens is 2. The summed E-state index contributed by atoms with van der Waals surface area (Å²) in [6, 6.07) is 8.30. The van der Waals surface area contributed by atoms with Crippen LogP contribution in [0, 0.1) is 6.92 Å². The van der Waals surface area contributed by atoms with Gasteiger partial charge in [-0.3, -0.25) is 4.79 Å². The SMILES string of the molecule is Cc1cccc(CCC(=O)NCCCc2ncc[nH]2)c1. The number of carbonyl (C=O) groups is 1. The zero-order chi connectivity index (χ0) is 14.2. The summed E-state index contributed by atoms with van der Waals surface area (Å²) in [5.41, 5.74) is 2.46. The number of nitrogens with one attached hydrogen (secondary N) is 2. The molecule has 0 aliphatic heterocycles. The molecule has 1 aromatic heterocycles. The van der Waals surface area contributed by atoms with Gasteiger partial charge in [-0.1, -0.05) is 29.8 Å². The molecule has 0 saturated carbocycles. The van der Waals surface area contributed by atoms with Gasteiger partial charge in [-0.2, -0.15) is 0 Å². The highest BCUT2D eigenvalue weighted by Crippen LogP contribution is 2.06. The minimum atomic E-state index is 0.117. The lowest BCUT2D eigenvalue weighted by molar-refractivity contribution is -0.121. The van der Waals surface area contributed by atoms with Crippen molar-refractivity contribution in [1.29, 1.82) is 0 Å². The second-order valence-corrected chi connectivity index (χ2v) is 4.98. The van der Waals surface area contributed by atoms with Crippen LogP contribution in [-0.4, -0.2) is 22.4 Å². The van der Waals surface area contributed by atoms with Gasteiger partial charge in [0.25, 0.3) is 0 Å². The van der Waals surface area contributed by atoms with Crippen molar-refractivity contribution in [3.8, 4) is 0 Å². The predicted molar refractivity (Wildman–Crippen MR) is 79.4 cm³/mol. The lowest BCUT2D eigenvalue weighted by Crippen LogP contribution is -2.25. The Bertz CT molecular complexity index is 534. The average molecular weight is 271 g/mol. The molecule has 1 aromatic carbocycles. The second-order valence-electron chi connectivity index (χ2n) is 4.98. The molecule has 0 bridgehead atoms. The van der Waals surface area contributed by atoms with Gasteiger partial charge in [-0.25, -0.2) is 4.98 Å². The van der Waals surface area contributed by atoms with E-state index in [-0.39, 0.29) is 5.91 Å². The molecule has 1 amide bonds. The van der Waals surface area contributed by atoms with E-state index in [1.54, 1.807) is 6.20 Å². The summed E-state index contributed by atoms with van der Waals surface area (Å²) in [6.07, 6.45) is 6.68. The molecule has 2 N–H and O–H groups in total. The van der Waals surface area contributed by atoms with Crippen molar-refractivity contribution >= 4 is 5.91 Å². The Hall–Kier alpha value is -2.10. The lowest BCUT2D eigenvalue weighted by atomic mass is 10.1. The summed E-state index contributed by atoms with van der Waals surface area (Å²) in [6.45, 7) is 2.77. The highest BCUT2D eigenvalue weighted by atomic mass is 16.1. The number of rotatable bonds is 7. The fourth-order valence-electron chi connectivity index (χ4n) is 2.13. The molecular formula is C16H21N3O. The van der Waals surface area contributed by atoms with E-state index in [0.717, 1.165) is 25.1 Å². The first kappa shape index (κ1) is 14.3. The molecule has 2 aromatic rings. The van der Waals surface area contributed by atoms with Gasteiger partial charge < -0.3 is 10.3 Å². The maximum absolute atomic E-state index is 11.7. The number of hydrogen-bond acceptors (Lipinski definition) is 2. The van der Waals surface area contributed by atoms with Crippen molar-refractivity contribution in [1.82, 2.24) is 15.3 Å². The fourth-order valence-corrected chi connectivity index (χ4v) is 2.13. The molecule has 0 saturated heterocycles. The number of carbonyl (C=O) groups excluding carboxylic acids is 1. The van der Waals surface area contributed by atoms with Crippen molar-refractivity contribution in [3.63, 3.8) is 0 Å². The minimum absolute atomic E-state index is 0.117. The van der Waals surface area contributed by atoms with Crippen LogP contribution in [0.15, 0.2) is 36.7 Å². The third kappa shape index (κ3) is 4.88. The Labute approximate surface area is 119 Å². The van der Waals surface area contributed by atoms with Gasteiger partial charge in [0, 0.05) is 31.8 Å². The van der Waals surface area contributed by atoms with Gasteiger partial charge >= 0.3 is 0 Å². The molecular weight excluding hydrogens is 250 g/mol. The summed E-state index contributed by atoms with van der Waals surface area (Å²) in [5.74, 6) is 1.09. The zero-order valence-electron chi connectivity index (χ0n) is 11.9. The smallest absolute Gasteiger partial charge is 0.220 e. The molecule has 1 heterocycles. The highest BCUT2D eigenvalue weighted by Gasteiger charge is 2.02. The van der Waals surface area contributed by atoms with Crippen LogP contribution < -0.4 is 5.32 Å². The standard InChI is InChI=1S/C16H21N3O/c1-13-4-2-5-14(12-13)7-8-16(20)19-9-3-6-15-17-10-11-18-15/h2,4-5,10-12H,3,6-9H2,1H3,(H,17,18)(H,19,20). The fraction of sp³-hybridized carbons (Fsp3) is 0.375. The van der Waals surface area contributed by atoms with Crippen LogP contribution in [0.5, 0.6) is 0 Å². The number of benzene rings is 1. The quantitative estimate of drug-likeness (QED) is 0.760. The number of hydrogen-bond donors (Lipinski definition) is 2. The van der Waals surface area contributed by atoms with Gasteiger partial charge in [-0.05, 0) is 25.3 Å². The van der Waals surface area contributed by atoms with Crippen LogP contribution in [0.3, 0.4) is 0 Å². The molecule has 0 atom stereocenters. The van der Waals surface area contributed by atoms with E-state index >= 15 is 0 Å². The molecule has 2 rings (SSSR count). The Balaban J connectivity index is 1.61. The number of aromatic amines is 1. The van der Waals surface area contributed by atoms with Crippen LogP contribution in [-0.2, 0) is 17.6 Å². The molecule has 0 aliphatic carbocycles. The Morgan fingerprint density at radius 1 is 1.35 bits per heavy atom. The lowest BCUT2D eigenvalue weighted by Gasteiger charge is -2.05. The first-order chi connectivity index (χ1) is 9.74. The minimum Gasteiger partial charge on any atom is -0.356 e. The third-order valence-corrected chi connectivity index (χ3v) is 3.19. The zero-order valence-corrected chi connectivity index (χ0v) is 11.9. The van der Waals surface area contributed by atoms with Gasteiger partial charge in [0.15, 0.2) is 0 Å². The Kier molecular flexibility index (Phi) is 5.35. The van der Waals surface area contributed by atoms with Crippen LogP contribution in [0.4, 0.5) is 0 Å². The number of H-pyrrole nitrogens is 1. The van der Waals surface area contributed by atoms with E-state index in [9.17, 15) is 4.79 Å². The number of imidazole rings is 1. The maximum atomic E-state index is 11.7. The van der Waals surface area contributed by atoms with Crippen molar-refractivity contribution < 1.29 is 4.79 Å². The normalized spacial score (nSPS) is 10.4. The first-order valence-corrected chi connectivity index (χ1v) is 7.04. The average Bonchev–Trinajstić information content (AvgIpc) is 2.95. The van der Waals surface area contributed by atoms with E-state index in [0.29, 0.717) is 13.0 Å². The van der Waals surface area contributed by atoms with Gasteiger partial charge in [-0.15, -0.1) is 0 Å². The molecule has 0 spiro atoms. The van der Waals surface area contributed by atoms with E-state index < -0.39 is 0 Å². The first-order valence-electron chi connectivity index (χ1n) is 7.04. The molecule has 0 radical (unpaired) electrons. The van der Waals surface area contributed by atoms with Crippen LogP contribution in [0.25, 0.3) is 0 Å². The van der Waals surface area contributed by atoms with E-state index in [2.05, 4.69) is 40.4 Å². The van der Waals surface area contributed by atoms with Crippen LogP contribution in [0.1, 0.15) is 29.8 Å². The summed E-state index contributed by atoms with van der Waals surface area (Å²) >= 11 is 0. The Morgan fingerprint density at radius 3 is 3.00 bits per heavy atom. The second kappa shape index (κ2) is 7.48. The molecule has 4 heteroatoms. The van der Waals surface area contributed by atoms with Crippen molar-refractivity contribution in [2.24, 2.45) is 0 Å². The molecule has 0 fully saturated rings. The van der Waals surface area contributed by atoms with Crippen molar-refractivity contribution in [2.75, 3.05) is 6.54 Å². The summed E-state index contributed by atoms with van der Waals surface area (Å²) in [4.78, 5) is 18.9. The number of amides is 1. The largest absolute Gasteiger partial charge is 0.356 e. The monoisotopic (exact) mass is 271 g/mol. The molecule has 106 valence electrons. The molecule has 0 unspecified atom stereocenters. The summed E-state index contributed by atoms with van der Waals surface area (Å²) in [5, 5.41) is 2.95. The van der Waals surface area contributed by atoms with Crippen LogP contribution in [0.2, 0.25) is 0 Å². The predicted octanol–water partition coefficient (Wildman–Crippen LogP) is 2.40. The summed E-state index contributed by atoms with van der Waals surface area (Å²) < 4.78 is 0. The van der Waals surface area contributed by atoms with E-state index in [1.165, 1.54) is 11.1 Å².